The van der Waals surface area contributed by atoms with Crippen LogP contribution in [0.15, 0.2) is 47.5 Å². The maximum atomic E-state index is 5.85. The summed E-state index contributed by atoms with van der Waals surface area (Å²) in [6.07, 6.45) is 3.31. The fourth-order valence-electron chi connectivity index (χ4n) is 2.78. The third-order valence-corrected chi connectivity index (χ3v) is 4.11. The van der Waals surface area contributed by atoms with E-state index in [1.54, 1.807) is 0 Å². The highest BCUT2D eigenvalue weighted by molar-refractivity contribution is 5.83. The molecule has 24 heavy (non-hydrogen) atoms. The molecule has 0 radical (unpaired) electrons. The topological polar surface area (TPSA) is 68.9 Å². The number of hydrogen-bond acceptors (Lipinski definition) is 3. The van der Waals surface area contributed by atoms with Gasteiger partial charge in [-0.15, -0.1) is 0 Å². The van der Waals surface area contributed by atoms with Crippen molar-refractivity contribution in [2.75, 3.05) is 26.3 Å². The van der Waals surface area contributed by atoms with Gasteiger partial charge in [0, 0.05) is 13.2 Å². The second-order valence-corrected chi connectivity index (χ2v) is 6.00. The summed E-state index contributed by atoms with van der Waals surface area (Å²) in [4.78, 5) is 4.31. The van der Waals surface area contributed by atoms with E-state index in [0.29, 0.717) is 19.1 Å². The highest BCUT2D eigenvalue weighted by Gasteiger charge is 2.14. The number of nitrogens with one attached hydrogen (secondary N) is 1. The quantitative estimate of drug-likeness (QED) is 0.466. The van der Waals surface area contributed by atoms with E-state index in [2.05, 4.69) is 34.6 Å². The molecule has 1 saturated heterocycles. The zero-order chi connectivity index (χ0) is 16.6. The van der Waals surface area contributed by atoms with Gasteiger partial charge >= 0.3 is 0 Å². The number of fused-ring (bicyclic) bond motifs is 1. The van der Waals surface area contributed by atoms with E-state index < -0.39 is 0 Å². The number of aliphatic imine (C=N–C) groups is 1. The molecule has 0 aliphatic carbocycles. The Morgan fingerprint density at radius 2 is 2.12 bits per heavy atom. The number of benzene rings is 2. The van der Waals surface area contributed by atoms with Crippen LogP contribution in [-0.2, 0) is 4.74 Å². The van der Waals surface area contributed by atoms with Crippen LogP contribution >= 0.6 is 0 Å². The normalized spacial score (nSPS) is 18.0. The minimum absolute atomic E-state index is 0.238. The van der Waals surface area contributed by atoms with Crippen LogP contribution < -0.4 is 15.8 Å². The van der Waals surface area contributed by atoms with Gasteiger partial charge in [0.1, 0.15) is 5.75 Å². The lowest BCUT2D eigenvalue weighted by Gasteiger charge is -2.09. The van der Waals surface area contributed by atoms with Crippen molar-refractivity contribution in [2.24, 2.45) is 10.7 Å². The first-order valence-corrected chi connectivity index (χ1v) is 8.58. The van der Waals surface area contributed by atoms with Crippen molar-refractivity contribution in [1.29, 1.82) is 0 Å². The Bertz CT molecular complexity index is 681. The summed E-state index contributed by atoms with van der Waals surface area (Å²) in [6, 6.07) is 14.4. The Hall–Kier alpha value is -2.27. The number of guanidine groups is 1. The summed E-state index contributed by atoms with van der Waals surface area (Å²) >= 11 is 0. The van der Waals surface area contributed by atoms with E-state index in [9.17, 15) is 0 Å². The Balaban J connectivity index is 1.34. The van der Waals surface area contributed by atoms with Crippen LogP contribution in [0.5, 0.6) is 5.75 Å². The zero-order valence-corrected chi connectivity index (χ0v) is 13.9. The van der Waals surface area contributed by atoms with Crippen LogP contribution in [0.4, 0.5) is 0 Å². The third kappa shape index (κ3) is 4.86. The van der Waals surface area contributed by atoms with Crippen LogP contribution in [0, 0.1) is 0 Å². The van der Waals surface area contributed by atoms with Gasteiger partial charge in [0.2, 0.25) is 0 Å². The minimum Gasteiger partial charge on any atom is -0.494 e. The summed E-state index contributed by atoms with van der Waals surface area (Å²) in [7, 11) is 0. The summed E-state index contributed by atoms with van der Waals surface area (Å²) in [5, 5.41) is 5.53. The second-order valence-electron chi connectivity index (χ2n) is 6.00. The maximum absolute atomic E-state index is 5.85. The summed E-state index contributed by atoms with van der Waals surface area (Å²) in [5.41, 5.74) is 5.85. The smallest absolute Gasteiger partial charge is 0.188 e. The number of nitrogens with zero attached hydrogens (tertiary/aromatic N) is 1. The molecule has 1 aliphatic heterocycles. The molecule has 0 saturated carbocycles. The van der Waals surface area contributed by atoms with Gasteiger partial charge < -0.3 is 20.5 Å². The largest absolute Gasteiger partial charge is 0.494 e. The van der Waals surface area contributed by atoms with Crippen molar-refractivity contribution in [3.8, 4) is 5.75 Å². The van der Waals surface area contributed by atoms with Crippen molar-refractivity contribution in [2.45, 2.75) is 25.4 Å². The molecule has 1 heterocycles. The number of hydrogen-bond donors (Lipinski definition) is 2. The summed E-state index contributed by atoms with van der Waals surface area (Å²) in [6.45, 7) is 2.88. The van der Waals surface area contributed by atoms with Gasteiger partial charge in [-0.05, 0) is 42.2 Å². The first kappa shape index (κ1) is 16.6. The maximum Gasteiger partial charge on any atom is 0.188 e. The van der Waals surface area contributed by atoms with E-state index in [-0.39, 0.29) is 6.10 Å². The van der Waals surface area contributed by atoms with Gasteiger partial charge in [-0.25, -0.2) is 0 Å². The SMILES string of the molecule is NC(=NCC1CCCO1)NCCCOc1ccc2ccccc2c1. The predicted octanol–water partition coefficient (Wildman–Crippen LogP) is 2.69. The van der Waals surface area contributed by atoms with Crippen LogP contribution in [0.3, 0.4) is 0 Å². The van der Waals surface area contributed by atoms with Crippen LogP contribution in [0.25, 0.3) is 10.8 Å². The molecule has 1 atom stereocenters. The molecule has 1 unspecified atom stereocenters. The zero-order valence-electron chi connectivity index (χ0n) is 13.9. The van der Waals surface area contributed by atoms with E-state index >= 15 is 0 Å². The number of nitrogens with two attached hydrogens (primary N) is 1. The first-order valence-electron chi connectivity index (χ1n) is 8.58. The minimum atomic E-state index is 0.238. The Kier molecular flexibility index (Phi) is 5.90. The van der Waals surface area contributed by atoms with Gasteiger partial charge in [-0.1, -0.05) is 30.3 Å². The van der Waals surface area contributed by atoms with E-state index in [4.69, 9.17) is 15.2 Å². The second kappa shape index (κ2) is 8.55. The Morgan fingerprint density at radius 3 is 2.96 bits per heavy atom. The molecule has 3 rings (SSSR count). The third-order valence-electron chi connectivity index (χ3n) is 4.11. The number of ether oxygens (including phenoxy) is 2. The molecule has 0 amide bonds. The molecule has 0 aromatic heterocycles. The first-order chi connectivity index (χ1) is 11.8. The van der Waals surface area contributed by atoms with E-state index in [0.717, 1.165) is 38.2 Å². The van der Waals surface area contributed by atoms with Gasteiger partial charge in [0.05, 0.1) is 19.3 Å². The average molecular weight is 327 g/mol. The molecule has 2 aromatic rings. The van der Waals surface area contributed by atoms with Crippen LogP contribution in [0.1, 0.15) is 19.3 Å². The molecule has 1 aliphatic rings. The average Bonchev–Trinajstić information content (AvgIpc) is 3.13. The molecule has 1 fully saturated rings. The Labute approximate surface area is 142 Å². The highest BCUT2D eigenvalue weighted by atomic mass is 16.5. The van der Waals surface area contributed by atoms with E-state index in [1.165, 1.54) is 10.8 Å². The van der Waals surface area contributed by atoms with Gasteiger partial charge in [-0.3, -0.25) is 4.99 Å². The van der Waals surface area contributed by atoms with Gasteiger partial charge in [0.25, 0.3) is 0 Å². The summed E-state index contributed by atoms with van der Waals surface area (Å²) < 4.78 is 11.3. The molecular formula is C19H25N3O2. The van der Waals surface area contributed by atoms with Crippen molar-refractivity contribution in [3.05, 3.63) is 42.5 Å². The summed E-state index contributed by atoms with van der Waals surface area (Å²) in [5.74, 6) is 1.38. The van der Waals surface area contributed by atoms with Crippen molar-refractivity contribution < 1.29 is 9.47 Å². The Morgan fingerprint density at radius 1 is 1.25 bits per heavy atom. The fourth-order valence-corrected chi connectivity index (χ4v) is 2.78. The van der Waals surface area contributed by atoms with Crippen LogP contribution in [0.2, 0.25) is 0 Å². The fraction of sp³-hybridized carbons (Fsp3) is 0.421. The molecule has 5 heteroatoms. The molecular weight excluding hydrogens is 302 g/mol. The molecule has 0 spiro atoms. The predicted molar refractivity (Wildman–Crippen MR) is 97.5 cm³/mol. The lowest BCUT2D eigenvalue weighted by atomic mass is 10.1. The molecule has 2 aromatic carbocycles. The lowest BCUT2D eigenvalue weighted by molar-refractivity contribution is 0.118. The molecule has 5 nitrogen and oxygen atoms in total. The molecule has 0 bridgehead atoms. The molecule has 3 N–H and O–H groups in total. The van der Waals surface area contributed by atoms with Crippen molar-refractivity contribution >= 4 is 16.7 Å². The highest BCUT2D eigenvalue weighted by Crippen LogP contribution is 2.20. The molecule has 128 valence electrons. The number of rotatable bonds is 7. The standard InChI is InChI=1S/C19H25N3O2/c20-19(22-14-18-7-3-11-24-18)21-10-4-12-23-17-9-8-15-5-1-2-6-16(15)13-17/h1-2,5-6,8-9,13,18H,3-4,7,10-12,14H2,(H3,20,21,22). The lowest BCUT2D eigenvalue weighted by Crippen LogP contribution is -2.33. The van der Waals surface area contributed by atoms with Gasteiger partial charge in [-0.2, -0.15) is 0 Å². The van der Waals surface area contributed by atoms with Gasteiger partial charge in [0.15, 0.2) is 5.96 Å². The van der Waals surface area contributed by atoms with Crippen molar-refractivity contribution in [1.82, 2.24) is 5.32 Å². The van der Waals surface area contributed by atoms with Crippen molar-refractivity contribution in [3.63, 3.8) is 0 Å². The monoisotopic (exact) mass is 327 g/mol. The van der Waals surface area contributed by atoms with E-state index in [1.807, 2.05) is 18.2 Å². The van der Waals surface area contributed by atoms with Crippen LogP contribution in [-0.4, -0.2) is 38.4 Å².